The van der Waals surface area contributed by atoms with E-state index < -0.39 is 5.97 Å². The molecule has 2 N–H and O–H groups in total. The lowest BCUT2D eigenvalue weighted by Crippen LogP contribution is -2.44. The van der Waals surface area contributed by atoms with Gasteiger partial charge >= 0.3 is 12.0 Å². The third-order valence-corrected chi connectivity index (χ3v) is 4.59. The van der Waals surface area contributed by atoms with Crippen molar-refractivity contribution in [1.82, 2.24) is 20.8 Å². The molecule has 148 valence electrons. The SMILES string of the molecule is CCOC(=O)C1=C(CSc2nnc(COc3ccc(C)cc3)o2)NC(=O)NC1. The maximum absolute atomic E-state index is 12.0. The second-order valence-corrected chi connectivity index (χ2v) is 6.76. The summed E-state index contributed by atoms with van der Waals surface area (Å²) >= 11 is 1.21. The number of rotatable bonds is 8. The fourth-order valence-corrected chi connectivity index (χ4v) is 3.11. The van der Waals surface area contributed by atoms with Crippen LogP contribution in [0.25, 0.3) is 0 Å². The lowest BCUT2D eigenvalue weighted by molar-refractivity contribution is -0.138. The van der Waals surface area contributed by atoms with E-state index in [9.17, 15) is 9.59 Å². The van der Waals surface area contributed by atoms with Gasteiger partial charge in [-0.3, -0.25) is 0 Å². The highest BCUT2D eigenvalue weighted by Crippen LogP contribution is 2.22. The van der Waals surface area contributed by atoms with Gasteiger partial charge in [0, 0.05) is 11.4 Å². The van der Waals surface area contributed by atoms with Gasteiger partial charge in [0.05, 0.1) is 18.7 Å². The Morgan fingerprint density at radius 2 is 2.07 bits per heavy atom. The lowest BCUT2D eigenvalue weighted by atomic mass is 10.2. The molecule has 0 radical (unpaired) electrons. The molecule has 9 nitrogen and oxygen atoms in total. The van der Waals surface area contributed by atoms with Crippen LogP contribution in [0.2, 0.25) is 0 Å². The van der Waals surface area contributed by atoms with Crippen molar-refractivity contribution in [3.63, 3.8) is 0 Å². The zero-order valence-corrected chi connectivity index (χ0v) is 16.3. The number of nitrogens with zero attached hydrogens (tertiary/aromatic N) is 2. The number of ether oxygens (including phenoxy) is 2. The van der Waals surface area contributed by atoms with Gasteiger partial charge in [-0.1, -0.05) is 29.5 Å². The fraction of sp³-hybridized carbons (Fsp3) is 0.333. The third kappa shape index (κ3) is 5.26. The summed E-state index contributed by atoms with van der Waals surface area (Å²) in [5, 5.41) is 13.4. The first-order valence-corrected chi connectivity index (χ1v) is 9.62. The van der Waals surface area contributed by atoms with E-state index in [0.29, 0.717) is 28.1 Å². The number of thioether (sulfide) groups is 1. The molecule has 0 aliphatic carbocycles. The van der Waals surface area contributed by atoms with Crippen molar-refractivity contribution in [1.29, 1.82) is 0 Å². The molecule has 0 bridgehead atoms. The minimum Gasteiger partial charge on any atom is -0.484 e. The lowest BCUT2D eigenvalue weighted by Gasteiger charge is -2.20. The largest absolute Gasteiger partial charge is 0.484 e. The maximum Gasteiger partial charge on any atom is 0.337 e. The van der Waals surface area contributed by atoms with Gasteiger partial charge in [0.15, 0.2) is 6.61 Å². The molecule has 2 amide bonds. The highest BCUT2D eigenvalue weighted by Gasteiger charge is 2.24. The van der Waals surface area contributed by atoms with Gasteiger partial charge in [0.25, 0.3) is 11.1 Å². The van der Waals surface area contributed by atoms with E-state index in [1.165, 1.54) is 11.8 Å². The number of urea groups is 1. The molecule has 0 saturated heterocycles. The monoisotopic (exact) mass is 404 g/mol. The number of hydrogen-bond acceptors (Lipinski definition) is 8. The fourth-order valence-electron chi connectivity index (χ4n) is 2.34. The smallest absolute Gasteiger partial charge is 0.337 e. The van der Waals surface area contributed by atoms with Crippen molar-refractivity contribution in [3.05, 3.63) is 47.0 Å². The predicted octanol–water partition coefficient (Wildman–Crippen LogP) is 2.18. The summed E-state index contributed by atoms with van der Waals surface area (Å²) in [4.78, 5) is 23.6. The molecule has 1 aromatic heterocycles. The molecule has 28 heavy (non-hydrogen) atoms. The van der Waals surface area contributed by atoms with E-state index in [1.54, 1.807) is 6.92 Å². The quantitative estimate of drug-likeness (QED) is 0.508. The first-order chi connectivity index (χ1) is 13.5. The number of carbonyl (C=O) groups is 2. The number of aromatic nitrogens is 2. The Kier molecular flexibility index (Phi) is 6.53. The molecule has 2 heterocycles. The second-order valence-electron chi connectivity index (χ2n) is 5.84. The van der Waals surface area contributed by atoms with Gasteiger partial charge in [-0.25, -0.2) is 9.59 Å². The summed E-state index contributed by atoms with van der Waals surface area (Å²) in [6.45, 7) is 4.23. The van der Waals surface area contributed by atoms with Crippen molar-refractivity contribution in [2.45, 2.75) is 25.7 Å². The van der Waals surface area contributed by atoms with Crippen molar-refractivity contribution in [3.8, 4) is 5.75 Å². The van der Waals surface area contributed by atoms with Gasteiger partial charge in [-0.2, -0.15) is 0 Å². The molecule has 1 aliphatic rings. The van der Waals surface area contributed by atoms with Crippen LogP contribution in [0.4, 0.5) is 4.79 Å². The zero-order chi connectivity index (χ0) is 19.9. The number of nitrogens with one attached hydrogen (secondary N) is 2. The zero-order valence-electron chi connectivity index (χ0n) is 15.5. The summed E-state index contributed by atoms with van der Waals surface area (Å²) in [6, 6.07) is 7.26. The van der Waals surface area contributed by atoms with E-state index in [0.717, 1.165) is 5.56 Å². The first-order valence-electron chi connectivity index (χ1n) is 8.63. The van der Waals surface area contributed by atoms with Crippen LogP contribution in [0.5, 0.6) is 5.75 Å². The van der Waals surface area contributed by atoms with Crippen LogP contribution >= 0.6 is 11.8 Å². The van der Waals surface area contributed by atoms with Gasteiger partial charge in [0.2, 0.25) is 0 Å². The number of carbonyl (C=O) groups excluding carboxylic acids is 2. The maximum atomic E-state index is 12.0. The molecule has 0 saturated carbocycles. The van der Waals surface area contributed by atoms with E-state index in [2.05, 4.69) is 20.8 Å². The van der Waals surface area contributed by atoms with Crippen LogP contribution in [0.15, 0.2) is 45.2 Å². The molecule has 10 heteroatoms. The number of amides is 2. The van der Waals surface area contributed by atoms with Crippen LogP contribution in [0.1, 0.15) is 18.4 Å². The van der Waals surface area contributed by atoms with Gasteiger partial charge in [0.1, 0.15) is 5.75 Å². The predicted molar refractivity (Wildman–Crippen MR) is 101 cm³/mol. The summed E-state index contributed by atoms with van der Waals surface area (Å²) in [5.74, 6) is 0.849. The Labute approximate surface area is 165 Å². The summed E-state index contributed by atoms with van der Waals surface area (Å²) in [6.07, 6.45) is 0. The number of esters is 1. The van der Waals surface area contributed by atoms with E-state index in [4.69, 9.17) is 13.9 Å². The van der Waals surface area contributed by atoms with E-state index >= 15 is 0 Å². The Bertz CT molecular complexity index is 878. The van der Waals surface area contributed by atoms with Crippen LogP contribution in [0.3, 0.4) is 0 Å². The molecule has 0 unspecified atom stereocenters. The topological polar surface area (TPSA) is 116 Å². The molecule has 0 fully saturated rings. The Morgan fingerprint density at radius 1 is 1.29 bits per heavy atom. The standard InChI is InChI=1S/C18H20N4O5S/c1-3-25-16(23)13-8-19-17(24)20-14(13)10-28-18-22-21-15(27-18)9-26-12-6-4-11(2)5-7-12/h4-7H,3,8-10H2,1-2H3,(H2,19,20,24). The summed E-state index contributed by atoms with van der Waals surface area (Å²) < 4.78 is 16.2. The average molecular weight is 404 g/mol. The summed E-state index contributed by atoms with van der Waals surface area (Å²) in [5.41, 5.74) is 1.98. The normalized spacial score (nSPS) is 13.7. The van der Waals surface area contributed by atoms with Crippen molar-refractivity contribution in [2.75, 3.05) is 18.9 Å². The third-order valence-electron chi connectivity index (χ3n) is 3.75. The van der Waals surface area contributed by atoms with Crippen LogP contribution < -0.4 is 15.4 Å². The molecule has 0 spiro atoms. The molecule has 1 aliphatic heterocycles. The summed E-state index contributed by atoms with van der Waals surface area (Å²) in [7, 11) is 0. The Hall–Kier alpha value is -3.01. The van der Waals surface area contributed by atoms with Crippen LogP contribution in [-0.4, -0.2) is 41.1 Å². The average Bonchev–Trinajstić information content (AvgIpc) is 3.14. The molecular weight excluding hydrogens is 384 g/mol. The molecule has 1 aromatic carbocycles. The molecule has 0 atom stereocenters. The van der Waals surface area contributed by atoms with E-state index in [-0.39, 0.29) is 31.5 Å². The molecular formula is C18H20N4O5S. The number of hydrogen-bond donors (Lipinski definition) is 2. The minimum absolute atomic E-state index is 0.111. The van der Waals surface area contributed by atoms with Gasteiger partial charge in [-0.15, -0.1) is 10.2 Å². The Morgan fingerprint density at radius 3 is 2.82 bits per heavy atom. The number of aryl methyl sites for hydroxylation is 1. The van der Waals surface area contributed by atoms with Gasteiger partial charge in [-0.05, 0) is 26.0 Å². The van der Waals surface area contributed by atoms with Gasteiger partial charge < -0.3 is 24.5 Å². The molecule has 3 rings (SSSR count). The highest BCUT2D eigenvalue weighted by molar-refractivity contribution is 7.99. The van der Waals surface area contributed by atoms with Crippen LogP contribution in [-0.2, 0) is 16.1 Å². The first kappa shape index (κ1) is 19.7. The second kappa shape index (κ2) is 9.27. The van der Waals surface area contributed by atoms with Crippen molar-refractivity contribution in [2.24, 2.45) is 0 Å². The number of benzene rings is 1. The highest BCUT2D eigenvalue weighted by atomic mass is 32.2. The van der Waals surface area contributed by atoms with Crippen molar-refractivity contribution < 1.29 is 23.5 Å². The van der Waals surface area contributed by atoms with Crippen molar-refractivity contribution >= 4 is 23.8 Å². The Balaban J connectivity index is 1.58. The molecule has 2 aromatic rings. The van der Waals surface area contributed by atoms with E-state index in [1.807, 2.05) is 31.2 Å². The van der Waals surface area contributed by atoms with Crippen LogP contribution in [0, 0.1) is 6.92 Å². The minimum atomic E-state index is -0.469.